The van der Waals surface area contributed by atoms with Crippen LogP contribution in [0.3, 0.4) is 0 Å². The lowest BCUT2D eigenvalue weighted by molar-refractivity contribution is -0.0736. The molecule has 5 nitrogen and oxygen atoms in total. The first-order valence-corrected chi connectivity index (χ1v) is 6.91. The lowest BCUT2D eigenvalue weighted by Gasteiger charge is -2.43. The van der Waals surface area contributed by atoms with E-state index in [0.29, 0.717) is 35.8 Å². The average Bonchev–Trinajstić information content (AvgIpc) is 2.37. The van der Waals surface area contributed by atoms with Crippen LogP contribution in [-0.2, 0) is 4.74 Å². The van der Waals surface area contributed by atoms with Crippen molar-refractivity contribution in [1.29, 1.82) is 0 Å². The molecule has 7 heteroatoms. The number of ether oxygens (including phenoxy) is 2. The van der Waals surface area contributed by atoms with Crippen molar-refractivity contribution in [3.63, 3.8) is 0 Å². The summed E-state index contributed by atoms with van der Waals surface area (Å²) in [6.07, 6.45) is 1.49. The minimum Gasteiger partial charge on any atom is -0.467 e. The van der Waals surface area contributed by atoms with Gasteiger partial charge in [0.25, 0.3) is 0 Å². The Kier molecular flexibility index (Phi) is 4.38. The predicted octanol–water partition coefficient (Wildman–Crippen LogP) is 2.36. The van der Waals surface area contributed by atoms with Crippen molar-refractivity contribution in [2.24, 2.45) is 0 Å². The van der Waals surface area contributed by atoms with Crippen molar-refractivity contribution < 1.29 is 9.47 Å². The van der Waals surface area contributed by atoms with Gasteiger partial charge in [-0.1, -0.05) is 11.6 Å². The smallest absolute Gasteiger partial charge is 0.318 e. The molecule has 0 radical (unpaired) electrons. The van der Waals surface area contributed by atoms with Gasteiger partial charge in [0.05, 0.1) is 30.9 Å². The highest BCUT2D eigenvalue weighted by Gasteiger charge is 2.34. The molecule has 2 rings (SSSR count). The van der Waals surface area contributed by atoms with Crippen LogP contribution in [0.25, 0.3) is 0 Å². The molecule has 1 fully saturated rings. The molecular weight excluding hydrogens is 289 g/mol. The van der Waals surface area contributed by atoms with Crippen LogP contribution in [0, 0.1) is 0 Å². The lowest BCUT2D eigenvalue weighted by Crippen LogP contribution is -2.53. The fourth-order valence-electron chi connectivity index (χ4n) is 2.20. The quantitative estimate of drug-likeness (QED) is 0.802. The molecule has 106 valence electrons. The minimum atomic E-state index is -0.306. The fraction of sp³-hybridized carbons (Fsp3) is 0.667. The Morgan fingerprint density at radius 1 is 1.58 bits per heavy atom. The summed E-state index contributed by atoms with van der Waals surface area (Å²) in [6.45, 7) is 5.36. The summed E-state index contributed by atoms with van der Waals surface area (Å²) < 4.78 is 10.9. The molecule has 0 saturated carbocycles. The number of nitrogens with zero attached hydrogens (tertiary/aromatic N) is 3. The third-order valence-electron chi connectivity index (χ3n) is 2.84. The van der Waals surface area contributed by atoms with Gasteiger partial charge in [0.15, 0.2) is 5.82 Å². The van der Waals surface area contributed by atoms with Gasteiger partial charge in [-0.05, 0) is 13.8 Å². The number of methoxy groups -OCH3 is 1. The Hall–Kier alpha value is -0.780. The molecule has 1 saturated heterocycles. The van der Waals surface area contributed by atoms with Crippen molar-refractivity contribution in [3.05, 3.63) is 11.2 Å². The molecular formula is C12H17Cl2N3O2. The minimum absolute atomic E-state index is 0.0533. The molecule has 0 aliphatic carbocycles. The van der Waals surface area contributed by atoms with E-state index >= 15 is 0 Å². The van der Waals surface area contributed by atoms with E-state index in [2.05, 4.69) is 14.9 Å². The summed E-state index contributed by atoms with van der Waals surface area (Å²) >= 11 is 12.1. The molecule has 2 heterocycles. The van der Waals surface area contributed by atoms with Crippen LogP contribution in [0.15, 0.2) is 6.20 Å². The number of hydrogen-bond acceptors (Lipinski definition) is 5. The first kappa shape index (κ1) is 14.6. The number of aromatic nitrogens is 2. The molecule has 0 spiro atoms. The number of rotatable bonds is 3. The molecule has 1 unspecified atom stereocenters. The first-order valence-electron chi connectivity index (χ1n) is 6.00. The Morgan fingerprint density at radius 2 is 2.32 bits per heavy atom. The normalized spacial score (nSPS) is 22.4. The number of halogens is 2. The van der Waals surface area contributed by atoms with Crippen LogP contribution < -0.4 is 9.64 Å². The third kappa shape index (κ3) is 3.41. The number of morpholine rings is 1. The van der Waals surface area contributed by atoms with E-state index in [1.165, 1.54) is 7.11 Å². The molecule has 0 N–H and O–H groups in total. The Labute approximate surface area is 122 Å². The van der Waals surface area contributed by atoms with Crippen LogP contribution in [0.2, 0.25) is 5.02 Å². The average molecular weight is 306 g/mol. The fourth-order valence-corrected chi connectivity index (χ4v) is 2.57. The standard InChI is InChI=1S/C12H17Cl2N3O2/c1-12(2)7-17(6-8(4-13)19-12)10-9(14)5-15-11(16-10)18-3/h5,8H,4,6-7H2,1-3H3. The number of hydrogen-bond donors (Lipinski definition) is 0. The monoisotopic (exact) mass is 305 g/mol. The van der Waals surface area contributed by atoms with E-state index in [1.54, 1.807) is 6.20 Å². The van der Waals surface area contributed by atoms with Crippen LogP contribution in [0.1, 0.15) is 13.8 Å². The van der Waals surface area contributed by atoms with Crippen molar-refractivity contribution in [1.82, 2.24) is 9.97 Å². The van der Waals surface area contributed by atoms with Crippen molar-refractivity contribution in [3.8, 4) is 6.01 Å². The van der Waals surface area contributed by atoms with Gasteiger partial charge in [0, 0.05) is 13.1 Å². The maximum atomic E-state index is 6.17. The molecule has 0 aromatic carbocycles. The van der Waals surface area contributed by atoms with Gasteiger partial charge in [-0.15, -0.1) is 11.6 Å². The number of alkyl halides is 1. The van der Waals surface area contributed by atoms with Gasteiger partial charge in [0.1, 0.15) is 5.02 Å². The maximum Gasteiger partial charge on any atom is 0.318 e. The predicted molar refractivity (Wildman–Crippen MR) is 75.5 cm³/mol. The number of anilines is 1. The molecule has 1 aliphatic rings. The molecule has 1 aromatic heterocycles. The zero-order valence-corrected chi connectivity index (χ0v) is 12.7. The molecule has 1 aliphatic heterocycles. The molecule has 1 atom stereocenters. The second kappa shape index (κ2) is 5.69. The van der Waals surface area contributed by atoms with Gasteiger partial charge in [-0.3, -0.25) is 0 Å². The van der Waals surface area contributed by atoms with E-state index in [1.807, 2.05) is 13.8 Å². The second-order valence-electron chi connectivity index (χ2n) is 5.06. The van der Waals surface area contributed by atoms with E-state index in [9.17, 15) is 0 Å². The third-order valence-corrected chi connectivity index (χ3v) is 3.45. The van der Waals surface area contributed by atoms with Gasteiger partial charge in [0.2, 0.25) is 0 Å². The maximum absolute atomic E-state index is 6.17. The van der Waals surface area contributed by atoms with Gasteiger partial charge in [-0.2, -0.15) is 4.98 Å². The van der Waals surface area contributed by atoms with Gasteiger partial charge < -0.3 is 14.4 Å². The van der Waals surface area contributed by atoms with Crippen molar-refractivity contribution in [2.45, 2.75) is 25.6 Å². The van der Waals surface area contributed by atoms with Crippen LogP contribution >= 0.6 is 23.2 Å². The second-order valence-corrected chi connectivity index (χ2v) is 5.78. The van der Waals surface area contributed by atoms with E-state index in [4.69, 9.17) is 32.7 Å². The summed E-state index contributed by atoms with van der Waals surface area (Å²) in [4.78, 5) is 10.3. The lowest BCUT2D eigenvalue weighted by atomic mass is 10.1. The summed E-state index contributed by atoms with van der Waals surface area (Å²) in [5.74, 6) is 1.08. The largest absolute Gasteiger partial charge is 0.467 e. The Balaban J connectivity index is 2.29. The highest BCUT2D eigenvalue weighted by atomic mass is 35.5. The van der Waals surface area contributed by atoms with E-state index in [0.717, 1.165) is 0 Å². The molecule has 0 amide bonds. The Morgan fingerprint density at radius 3 is 2.95 bits per heavy atom. The Bertz CT molecular complexity index is 457. The van der Waals surface area contributed by atoms with E-state index in [-0.39, 0.29) is 11.7 Å². The zero-order valence-electron chi connectivity index (χ0n) is 11.2. The van der Waals surface area contributed by atoms with Crippen molar-refractivity contribution >= 4 is 29.0 Å². The van der Waals surface area contributed by atoms with Gasteiger partial charge >= 0.3 is 6.01 Å². The highest BCUT2D eigenvalue weighted by molar-refractivity contribution is 6.32. The summed E-state index contributed by atoms with van der Waals surface area (Å²) in [5, 5.41) is 0.492. The van der Waals surface area contributed by atoms with Crippen molar-refractivity contribution in [2.75, 3.05) is 31.0 Å². The van der Waals surface area contributed by atoms with E-state index < -0.39 is 0 Å². The van der Waals surface area contributed by atoms with Gasteiger partial charge in [-0.25, -0.2) is 4.98 Å². The zero-order chi connectivity index (χ0) is 14.0. The summed E-state index contributed by atoms with van der Waals surface area (Å²) in [5.41, 5.74) is -0.306. The van der Waals surface area contributed by atoms with Crippen LogP contribution in [0.4, 0.5) is 5.82 Å². The molecule has 0 bridgehead atoms. The summed E-state index contributed by atoms with van der Waals surface area (Å²) in [7, 11) is 1.53. The first-order chi connectivity index (χ1) is 8.95. The SMILES string of the molecule is COc1ncc(Cl)c(N2CC(CCl)OC(C)(C)C2)n1. The van der Waals surface area contributed by atoms with Crippen LogP contribution in [-0.4, -0.2) is 47.8 Å². The summed E-state index contributed by atoms with van der Waals surface area (Å²) in [6, 6.07) is 0.297. The van der Waals surface area contributed by atoms with Crippen LogP contribution in [0.5, 0.6) is 6.01 Å². The molecule has 1 aromatic rings. The topological polar surface area (TPSA) is 47.5 Å². The highest BCUT2D eigenvalue weighted by Crippen LogP contribution is 2.30. The molecule has 19 heavy (non-hydrogen) atoms.